The van der Waals surface area contributed by atoms with Crippen molar-refractivity contribution in [2.75, 3.05) is 11.9 Å². The topological polar surface area (TPSA) is 63.5 Å². The monoisotopic (exact) mass is 278 g/mol. The summed E-state index contributed by atoms with van der Waals surface area (Å²) >= 11 is 0. The molecule has 5 heteroatoms. The second-order valence-corrected chi connectivity index (χ2v) is 5.60. The molecule has 1 aromatic carbocycles. The van der Waals surface area contributed by atoms with E-state index < -0.39 is 4.92 Å². The first-order valence-electron chi connectivity index (χ1n) is 6.76. The van der Waals surface area contributed by atoms with Gasteiger partial charge < -0.3 is 4.90 Å². The van der Waals surface area contributed by atoms with E-state index in [2.05, 4.69) is 25.7 Å². The standard InChI is InChI=1S/C15H22N2O3/c1-10(2)8-11(3)16(5)13-6-7-15(17(19)20)14(9-13)12(4)18/h6-7,9-11H,8H2,1-5H3. The molecule has 0 aliphatic rings. The van der Waals surface area contributed by atoms with Crippen molar-refractivity contribution in [2.24, 2.45) is 5.92 Å². The van der Waals surface area contributed by atoms with E-state index in [-0.39, 0.29) is 17.0 Å². The van der Waals surface area contributed by atoms with Gasteiger partial charge in [0.2, 0.25) is 0 Å². The molecule has 0 saturated heterocycles. The van der Waals surface area contributed by atoms with Gasteiger partial charge in [-0.3, -0.25) is 14.9 Å². The predicted molar refractivity (Wildman–Crippen MR) is 80.4 cm³/mol. The molecule has 0 fully saturated rings. The Morgan fingerprint density at radius 3 is 2.40 bits per heavy atom. The molecule has 1 rings (SSSR count). The molecule has 0 saturated carbocycles. The van der Waals surface area contributed by atoms with Crippen molar-refractivity contribution < 1.29 is 9.72 Å². The molecule has 1 atom stereocenters. The molecule has 5 nitrogen and oxygen atoms in total. The van der Waals surface area contributed by atoms with E-state index in [1.807, 2.05) is 7.05 Å². The van der Waals surface area contributed by atoms with Crippen LogP contribution in [0.5, 0.6) is 0 Å². The van der Waals surface area contributed by atoms with Crippen molar-refractivity contribution in [3.63, 3.8) is 0 Å². The number of nitro benzene ring substituents is 1. The first-order valence-corrected chi connectivity index (χ1v) is 6.76. The summed E-state index contributed by atoms with van der Waals surface area (Å²) in [6.07, 6.45) is 1.02. The number of rotatable bonds is 6. The van der Waals surface area contributed by atoms with Crippen LogP contribution in [-0.4, -0.2) is 23.8 Å². The van der Waals surface area contributed by atoms with Crippen LogP contribution in [0, 0.1) is 16.0 Å². The molecule has 0 aromatic heterocycles. The third-order valence-corrected chi connectivity index (χ3v) is 3.44. The normalized spacial score (nSPS) is 12.3. The van der Waals surface area contributed by atoms with Crippen LogP contribution in [0.4, 0.5) is 11.4 Å². The van der Waals surface area contributed by atoms with Crippen LogP contribution in [-0.2, 0) is 0 Å². The van der Waals surface area contributed by atoms with Gasteiger partial charge in [-0.2, -0.15) is 0 Å². The first kappa shape index (κ1) is 16.1. The van der Waals surface area contributed by atoms with E-state index in [1.54, 1.807) is 12.1 Å². The molecule has 0 amide bonds. The van der Waals surface area contributed by atoms with Gasteiger partial charge in [-0.15, -0.1) is 0 Å². The van der Waals surface area contributed by atoms with E-state index >= 15 is 0 Å². The lowest BCUT2D eigenvalue weighted by molar-refractivity contribution is -0.385. The van der Waals surface area contributed by atoms with E-state index in [4.69, 9.17) is 0 Å². The SMILES string of the molecule is CC(=O)c1cc(N(C)C(C)CC(C)C)ccc1[N+](=O)[O-]. The quantitative estimate of drug-likeness (QED) is 0.452. The van der Waals surface area contributed by atoms with Crippen LogP contribution in [0.25, 0.3) is 0 Å². The molecule has 0 N–H and O–H groups in total. The van der Waals surface area contributed by atoms with E-state index in [0.29, 0.717) is 12.0 Å². The van der Waals surface area contributed by atoms with Gasteiger partial charge in [-0.05, 0) is 38.3 Å². The highest BCUT2D eigenvalue weighted by Crippen LogP contribution is 2.27. The number of ketones is 1. The van der Waals surface area contributed by atoms with Crippen LogP contribution in [0.3, 0.4) is 0 Å². The first-order chi connectivity index (χ1) is 9.23. The minimum atomic E-state index is -0.516. The van der Waals surface area contributed by atoms with Crippen LogP contribution in [0.1, 0.15) is 44.5 Å². The lowest BCUT2D eigenvalue weighted by Gasteiger charge is -2.28. The summed E-state index contributed by atoms with van der Waals surface area (Å²) in [4.78, 5) is 24.0. The van der Waals surface area contributed by atoms with Gasteiger partial charge in [0, 0.05) is 24.8 Å². The summed E-state index contributed by atoms with van der Waals surface area (Å²) in [5.74, 6) is 0.279. The molecule has 0 bridgehead atoms. The van der Waals surface area contributed by atoms with E-state index in [0.717, 1.165) is 12.1 Å². The fourth-order valence-electron chi connectivity index (χ4n) is 2.28. The molecule has 0 heterocycles. The zero-order valence-corrected chi connectivity index (χ0v) is 12.7. The van der Waals surface area contributed by atoms with E-state index in [9.17, 15) is 14.9 Å². The van der Waals surface area contributed by atoms with Crippen molar-refractivity contribution in [1.29, 1.82) is 0 Å². The second-order valence-electron chi connectivity index (χ2n) is 5.60. The largest absolute Gasteiger partial charge is 0.372 e. The Bertz CT molecular complexity index is 512. The Morgan fingerprint density at radius 2 is 1.95 bits per heavy atom. The van der Waals surface area contributed by atoms with Gasteiger partial charge in [0.05, 0.1) is 10.5 Å². The van der Waals surface area contributed by atoms with Crippen LogP contribution >= 0.6 is 0 Å². The number of anilines is 1. The maximum Gasteiger partial charge on any atom is 0.280 e. The van der Waals surface area contributed by atoms with Crippen molar-refractivity contribution in [3.8, 4) is 0 Å². The fraction of sp³-hybridized carbons (Fsp3) is 0.533. The molecule has 1 unspecified atom stereocenters. The van der Waals surface area contributed by atoms with Crippen LogP contribution in [0.15, 0.2) is 18.2 Å². The number of benzene rings is 1. The van der Waals surface area contributed by atoms with Crippen molar-refractivity contribution in [3.05, 3.63) is 33.9 Å². The smallest absolute Gasteiger partial charge is 0.280 e. The maximum atomic E-state index is 11.6. The number of hydrogen-bond donors (Lipinski definition) is 0. The summed E-state index contributed by atoms with van der Waals surface area (Å²) in [6.45, 7) is 7.76. The summed E-state index contributed by atoms with van der Waals surface area (Å²) in [5.41, 5.74) is 0.858. The zero-order chi connectivity index (χ0) is 15.4. The Labute approximate surface area is 119 Å². The lowest BCUT2D eigenvalue weighted by Crippen LogP contribution is -2.30. The minimum Gasteiger partial charge on any atom is -0.372 e. The number of hydrogen-bond acceptors (Lipinski definition) is 4. The summed E-state index contributed by atoms with van der Waals surface area (Å²) in [7, 11) is 1.94. The van der Waals surface area contributed by atoms with Gasteiger partial charge in [0.25, 0.3) is 5.69 Å². The minimum absolute atomic E-state index is 0.133. The van der Waals surface area contributed by atoms with Gasteiger partial charge >= 0.3 is 0 Å². The van der Waals surface area contributed by atoms with Crippen molar-refractivity contribution in [1.82, 2.24) is 0 Å². The van der Waals surface area contributed by atoms with Crippen LogP contribution < -0.4 is 4.90 Å². The zero-order valence-electron chi connectivity index (χ0n) is 12.7. The Hall–Kier alpha value is -1.91. The number of nitrogens with zero attached hydrogens (tertiary/aromatic N) is 2. The van der Waals surface area contributed by atoms with Crippen LogP contribution in [0.2, 0.25) is 0 Å². The van der Waals surface area contributed by atoms with Crippen molar-refractivity contribution >= 4 is 17.2 Å². The molecule has 0 aliphatic heterocycles. The molecule has 0 aliphatic carbocycles. The highest BCUT2D eigenvalue weighted by molar-refractivity contribution is 5.99. The lowest BCUT2D eigenvalue weighted by atomic mass is 10.0. The Morgan fingerprint density at radius 1 is 1.35 bits per heavy atom. The molecular formula is C15H22N2O3. The second kappa shape index (κ2) is 6.50. The molecule has 1 aromatic rings. The number of nitro groups is 1. The summed E-state index contributed by atoms with van der Waals surface area (Å²) in [5, 5.41) is 10.9. The molecule has 110 valence electrons. The van der Waals surface area contributed by atoms with Crippen molar-refractivity contribution in [2.45, 2.75) is 40.2 Å². The van der Waals surface area contributed by atoms with Gasteiger partial charge in [0.1, 0.15) is 0 Å². The maximum absolute atomic E-state index is 11.6. The van der Waals surface area contributed by atoms with Gasteiger partial charge in [-0.25, -0.2) is 0 Å². The molecular weight excluding hydrogens is 256 g/mol. The molecule has 0 radical (unpaired) electrons. The Balaban J connectivity index is 3.11. The summed E-state index contributed by atoms with van der Waals surface area (Å²) < 4.78 is 0. The number of carbonyl (C=O) groups is 1. The average Bonchev–Trinajstić information content (AvgIpc) is 2.36. The highest BCUT2D eigenvalue weighted by atomic mass is 16.6. The summed E-state index contributed by atoms with van der Waals surface area (Å²) in [6, 6.07) is 5.01. The third-order valence-electron chi connectivity index (χ3n) is 3.44. The van der Waals surface area contributed by atoms with Gasteiger partial charge in [-0.1, -0.05) is 13.8 Å². The van der Waals surface area contributed by atoms with Gasteiger partial charge in [0.15, 0.2) is 5.78 Å². The van der Waals surface area contributed by atoms with E-state index in [1.165, 1.54) is 13.0 Å². The average molecular weight is 278 g/mol. The predicted octanol–water partition coefficient (Wildman–Crippen LogP) is 3.67. The highest BCUT2D eigenvalue weighted by Gasteiger charge is 2.20. The number of Topliss-reactive ketones (excluding diaryl/α,β-unsaturated/α-hetero) is 1. The molecule has 0 spiro atoms. The molecule has 20 heavy (non-hydrogen) atoms. The number of carbonyl (C=O) groups excluding carboxylic acids is 1. The third kappa shape index (κ3) is 3.79. The fourth-order valence-corrected chi connectivity index (χ4v) is 2.28. The Kier molecular flexibility index (Phi) is 5.25.